The van der Waals surface area contributed by atoms with Gasteiger partial charge in [0.25, 0.3) is 17.7 Å². The number of nitrogens with zero attached hydrogens (tertiary/aromatic N) is 8. The summed E-state index contributed by atoms with van der Waals surface area (Å²) in [7, 11) is 7.36. The summed E-state index contributed by atoms with van der Waals surface area (Å²) in [5, 5.41) is 67.1. The molecule has 0 saturated carbocycles. The number of nitrogens with one attached hydrogen (secondary N) is 5. The summed E-state index contributed by atoms with van der Waals surface area (Å²) in [6.45, 7) is 27.7. The van der Waals surface area contributed by atoms with Crippen LogP contribution in [0.1, 0.15) is 147 Å². The van der Waals surface area contributed by atoms with Gasteiger partial charge in [-0.3, -0.25) is 14.4 Å². The molecular weight excluding hydrogens is 1570 g/mol. The van der Waals surface area contributed by atoms with Crippen LogP contribution in [0.3, 0.4) is 0 Å². The van der Waals surface area contributed by atoms with Crippen molar-refractivity contribution in [1.29, 1.82) is 0 Å². The van der Waals surface area contributed by atoms with Crippen LogP contribution in [-0.2, 0) is 15.8 Å². The SMILES string of the molecule is CC(N)CO.Cc1cc(C(=O)Nc2cccc(C(NC(C)CO)c3ccccc3)c2)n(-c2cccc(CN)c2)n1.NCCCCCN.O=S(Cl)Cl.[B].[C-]#[N+]c1cccc(-n2nc(C)cc2C(=O)Nc2cccc(C(NC(C)CO)c3ccccc3)c2)c1.[C-]#[N+]c1cccc(-n2nc(C)cc2C(=O)Nc2cccc(C(O)c3ccccc3)c2)c1.[H-].[Na+]. The van der Waals surface area contributed by atoms with Crippen LogP contribution in [-0.4, -0.2) is 131 Å². The molecule has 3 heterocycles. The van der Waals surface area contributed by atoms with Gasteiger partial charge >= 0.3 is 29.6 Å². The zero-order valence-electron chi connectivity index (χ0n) is 68.6. The largest absolute Gasteiger partial charge is 1.00 e. The average Bonchev–Trinajstić information content (AvgIpc) is 1.64. The fourth-order valence-electron chi connectivity index (χ4n) is 11.8. The van der Waals surface area contributed by atoms with E-state index in [2.05, 4.69) is 72.9 Å². The maximum Gasteiger partial charge on any atom is 1.00 e. The van der Waals surface area contributed by atoms with Crippen LogP contribution in [0.5, 0.6) is 0 Å². The average molecular weight is 1670 g/mol. The van der Waals surface area contributed by atoms with Crippen molar-refractivity contribution in [3.8, 4) is 17.1 Å². The molecule has 12 aromatic rings. The molecule has 0 aliphatic rings. The fourth-order valence-corrected chi connectivity index (χ4v) is 11.8. The third-order valence-corrected chi connectivity index (χ3v) is 17.4. The van der Waals surface area contributed by atoms with Crippen LogP contribution in [0.2, 0.25) is 0 Å². The number of anilines is 3. The summed E-state index contributed by atoms with van der Waals surface area (Å²) in [5.41, 5.74) is 36.0. The number of aryl methyl sites for hydroxylation is 3. The van der Waals surface area contributed by atoms with Gasteiger partial charge in [0, 0.05) is 71.5 Å². The van der Waals surface area contributed by atoms with Gasteiger partial charge in [-0.1, -0.05) is 170 Å². The van der Waals surface area contributed by atoms with Gasteiger partial charge in [-0.15, -0.1) is 0 Å². The number of unbranched alkanes of at least 4 members (excludes halogenated alkanes) is 2. The van der Waals surface area contributed by atoms with Gasteiger partial charge in [-0.25, -0.2) is 27.9 Å². The van der Waals surface area contributed by atoms with E-state index in [1.807, 2.05) is 211 Å². The smallest absolute Gasteiger partial charge is 1.00 e. The predicted octanol–water partition coefficient (Wildman–Crippen LogP) is 11.2. The first-order valence-corrected chi connectivity index (χ1v) is 40.5. The molecule has 17 N–H and O–H groups in total. The molecule has 3 amide bonds. The van der Waals surface area contributed by atoms with Crippen LogP contribution in [0.25, 0.3) is 26.8 Å². The van der Waals surface area contributed by atoms with Crippen molar-refractivity contribution >= 4 is 85.2 Å². The van der Waals surface area contributed by atoms with Gasteiger partial charge in [0.05, 0.1) is 79.2 Å². The van der Waals surface area contributed by atoms with E-state index in [-0.39, 0.29) is 107 Å². The molecule has 9 aromatic carbocycles. The summed E-state index contributed by atoms with van der Waals surface area (Å²) in [4.78, 5) is 46.5. The first-order valence-electron chi connectivity index (χ1n) is 37.7. The maximum absolute atomic E-state index is 13.3. The number of hydrogen-bond donors (Lipinski definition) is 13. The minimum atomic E-state index is -1.67. The molecule has 30 heteroatoms. The molecule has 0 saturated heterocycles. The van der Waals surface area contributed by atoms with E-state index < -0.39 is 15.3 Å². The van der Waals surface area contributed by atoms with E-state index in [1.54, 1.807) is 95.2 Å². The molecule has 3 radical (unpaired) electrons. The van der Waals surface area contributed by atoms with Gasteiger partial charge < -0.3 is 71.4 Å². The van der Waals surface area contributed by atoms with E-state index in [9.17, 15) is 29.7 Å². The third-order valence-electron chi connectivity index (χ3n) is 17.4. The molecule has 615 valence electrons. The Morgan fingerprint density at radius 1 is 0.454 bits per heavy atom. The van der Waals surface area contributed by atoms with Gasteiger partial charge in [-0.05, 0) is 197 Å². The van der Waals surface area contributed by atoms with Gasteiger partial charge in [0.15, 0.2) is 11.4 Å². The maximum atomic E-state index is 13.3. The number of aliphatic hydroxyl groups excluding tert-OH is 4. The fraction of sp³-hybridized carbons (Fsp3) is 0.236. The van der Waals surface area contributed by atoms with Crippen molar-refractivity contribution in [2.75, 3.05) is 48.9 Å². The molecule has 0 aliphatic heterocycles. The number of aromatic nitrogens is 6. The zero-order chi connectivity index (χ0) is 84.8. The molecule has 0 bridgehead atoms. The van der Waals surface area contributed by atoms with Crippen molar-refractivity contribution in [2.24, 2.45) is 22.9 Å². The van der Waals surface area contributed by atoms with Crippen LogP contribution in [0, 0.1) is 33.9 Å². The number of hydrogen-bond acceptors (Lipinski definition) is 17. The summed E-state index contributed by atoms with van der Waals surface area (Å²) < 4.78 is 13.8. The van der Waals surface area contributed by atoms with Gasteiger partial charge in [-0.2, -0.15) is 15.3 Å². The minimum Gasteiger partial charge on any atom is -1.00 e. The summed E-state index contributed by atoms with van der Waals surface area (Å²) in [6, 6.07) is 78.2. The van der Waals surface area contributed by atoms with Crippen LogP contribution in [0.15, 0.2) is 255 Å². The van der Waals surface area contributed by atoms with Gasteiger partial charge in [0.2, 0.25) is 9.23 Å². The monoisotopic (exact) mass is 1670 g/mol. The van der Waals surface area contributed by atoms with Crippen molar-refractivity contribution in [2.45, 2.75) is 104 Å². The van der Waals surface area contributed by atoms with E-state index in [4.69, 9.17) is 45.4 Å². The van der Waals surface area contributed by atoms with Crippen molar-refractivity contribution in [3.05, 3.63) is 351 Å². The van der Waals surface area contributed by atoms with Crippen molar-refractivity contribution in [1.82, 2.24) is 40.0 Å². The topological polar surface area (TPSA) is 376 Å². The van der Waals surface area contributed by atoms with Crippen LogP contribution in [0.4, 0.5) is 28.4 Å². The van der Waals surface area contributed by atoms with E-state index in [1.165, 1.54) is 11.1 Å². The molecule has 0 spiro atoms. The van der Waals surface area contributed by atoms with Crippen LogP contribution >= 0.6 is 21.4 Å². The Kier molecular flexibility index (Phi) is 43.5. The Morgan fingerprint density at radius 3 is 1.09 bits per heavy atom. The summed E-state index contributed by atoms with van der Waals surface area (Å²) >= 11 is 0. The molecular formula is C89H102BCl2N17NaO8S. The second kappa shape index (κ2) is 52.3. The number of aliphatic hydroxyl groups is 4. The number of halogens is 2. The van der Waals surface area contributed by atoms with E-state index in [0.29, 0.717) is 80.4 Å². The van der Waals surface area contributed by atoms with Gasteiger partial charge in [0.1, 0.15) is 23.2 Å². The number of nitrogens with two attached hydrogens (primary N) is 4. The first kappa shape index (κ1) is 99.0. The Morgan fingerprint density at radius 2 is 0.765 bits per heavy atom. The number of amides is 3. The second-order valence-corrected chi connectivity index (χ2v) is 29.6. The number of carbonyl (C=O) groups excluding carboxylic acids is 3. The Hall–Kier alpha value is -10.6. The molecule has 3 aromatic heterocycles. The normalized spacial score (nSPS) is 11.9. The molecule has 119 heavy (non-hydrogen) atoms. The molecule has 0 fully saturated rings. The van der Waals surface area contributed by atoms with E-state index in [0.717, 1.165) is 70.7 Å². The Bertz CT molecular complexity index is 5230. The number of rotatable bonds is 27. The van der Waals surface area contributed by atoms with E-state index >= 15 is 0 Å². The molecule has 0 aliphatic carbocycles. The number of benzene rings is 9. The molecule has 12 rings (SSSR count). The Balaban J connectivity index is 0.000000342. The molecule has 6 atom stereocenters. The summed E-state index contributed by atoms with van der Waals surface area (Å²) in [6.07, 6.45) is 2.64. The third kappa shape index (κ3) is 31.9. The van der Waals surface area contributed by atoms with Crippen molar-refractivity contribution in [3.63, 3.8) is 0 Å². The predicted molar refractivity (Wildman–Crippen MR) is 474 cm³/mol. The molecule has 25 nitrogen and oxygen atoms in total. The minimum absolute atomic E-state index is 0. The summed E-state index contributed by atoms with van der Waals surface area (Å²) in [5.74, 6) is -0.891. The quantitative estimate of drug-likeness (QED) is 0.00984. The standard InChI is InChI=1S/C28H27N5O2.C28H31N5O2.C25H20N4O2.C5H14N2.C3H9NO.B.Cl2OS.Na.H/c1-19-15-26(33(32-19)25-14-8-12-23(17-25)29-3)28(35)31-24-13-7-11-22(16-24)27(30-20(2)18-34)21-9-5-4-6-10-21;1-19-14-26(33(32-19)25-13-6-8-21(15-25)17-29)28(35)31-24-12-7-11-23(16-24)27(30-20(2)18-34)22-9-4-3-5-10-22;1-17-14-23(29(28-17)22-13-7-11-20(16-22)26-2)25(31)27-21-12-6-10-19(15-21)24(30)18-8-4-3-5-9-18;6-4-2-1-3-5-7;1-3(4)2-5;;1-4(2)3;;/h4-17,20,27,30,34H,18H2,1-2H3,(H,31,35);3-16,20,27,30,34H,17-18,29H2,1-2H3,(H,31,35);3-16,24,30H,1H3,(H,27,31);1-7H2;3,5H,2,4H2,1H3;;;;/q;;;;;;;+1;-1. The zero-order valence-corrected chi connectivity index (χ0v) is 72.0. The first-order chi connectivity index (χ1) is 56.4. The molecule has 6 unspecified atom stereocenters. The second-order valence-electron chi connectivity index (χ2n) is 27.1. The Labute approximate surface area is 733 Å². The van der Waals surface area contributed by atoms with Crippen molar-refractivity contribution < 1.29 is 70.0 Å². The van der Waals surface area contributed by atoms with Crippen LogP contribution < -0.4 is 79.1 Å². The number of carbonyl (C=O) groups is 3.